The van der Waals surface area contributed by atoms with Gasteiger partial charge in [-0.3, -0.25) is 4.72 Å². The highest BCUT2D eigenvalue weighted by atomic mass is 32.2. The lowest BCUT2D eigenvalue weighted by atomic mass is 10.1. The van der Waals surface area contributed by atoms with Gasteiger partial charge in [-0.15, -0.1) is 11.3 Å². The second-order valence-electron chi connectivity index (χ2n) is 31.4. The number of phenolic OH excluding ortho intramolecular Hbond substituents is 2. The molecule has 0 atom stereocenters. The number of aromatic nitrogens is 6. The van der Waals surface area contributed by atoms with Gasteiger partial charge >= 0.3 is 0 Å². The van der Waals surface area contributed by atoms with E-state index in [1.165, 1.54) is 0 Å². The van der Waals surface area contributed by atoms with Crippen LogP contribution < -0.4 is 39.9 Å². The van der Waals surface area contributed by atoms with Crippen LogP contribution in [0.1, 0.15) is 149 Å². The van der Waals surface area contributed by atoms with Crippen LogP contribution in [-0.2, 0) is 49.3 Å². The van der Waals surface area contributed by atoms with Crippen molar-refractivity contribution in [3.05, 3.63) is 341 Å². The van der Waals surface area contributed by atoms with E-state index in [9.17, 15) is 50.2 Å². The van der Waals surface area contributed by atoms with Crippen molar-refractivity contribution in [2.75, 3.05) is 57.5 Å². The Morgan fingerprint density at radius 2 is 0.660 bits per heavy atom. The molecular formula is C117H97N15O9S3. The van der Waals surface area contributed by atoms with Gasteiger partial charge in [0, 0.05) is 158 Å². The Morgan fingerprint density at radius 3 is 0.986 bits per heavy atom. The van der Waals surface area contributed by atoms with E-state index >= 15 is 0 Å². The molecule has 712 valence electrons. The zero-order valence-electron chi connectivity index (χ0n) is 81.0. The predicted molar refractivity (Wildman–Crippen MR) is 572 cm³/mol. The number of nitriles is 6. The van der Waals surface area contributed by atoms with Crippen molar-refractivity contribution < 1.29 is 42.3 Å². The smallest absolute Gasteiger partial charge is 0.232 e. The van der Waals surface area contributed by atoms with Crippen molar-refractivity contribution in [3.63, 3.8) is 0 Å². The second-order valence-corrected chi connectivity index (χ2v) is 35.2. The Hall–Kier alpha value is -18.9. The van der Waals surface area contributed by atoms with Crippen molar-refractivity contribution in [3.8, 4) is 148 Å². The summed E-state index contributed by atoms with van der Waals surface area (Å²) >= 11 is 3.21. The lowest BCUT2D eigenvalue weighted by molar-refractivity contribution is 0.415. The van der Waals surface area contributed by atoms with Crippen molar-refractivity contribution in [2.45, 2.75) is 87.7 Å². The van der Waals surface area contributed by atoms with Crippen LogP contribution in [0.4, 0.5) is 17.1 Å². The summed E-state index contributed by atoms with van der Waals surface area (Å²) in [4.78, 5) is 0.995. The molecule has 0 radical (unpaired) electrons. The van der Waals surface area contributed by atoms with Gasteiger partial charge < -0.3 is 72.8 Å². The summed E-state index contributed by atoms with van der Waals surface area (Å²) in [7, 11) is 4.84. The third kappa shape index (κ3) is 23.1. The number of sulfonamides is 1. The number of aromatic hydroxyl groups is 2. The van der Waals surface area contributed by atoms with Crippen molar-refractivity contribution in [2.24, 2.45) is 0 Å². The molecule has 0 amide bonds. The number of anilines is 3. The number of methoxy groups -OCH3 is 5. The molecule has 0 saturated heterocycles. The first kappa shape index (κ1) is 102. The van der Waals surface area contributed by atoms with Gasteiger partial charge in [0.1, 0.15) is 111 Å². The van der Waals surface area contributed by atoms with Gasteiger partial charge in [0.05, 0.1) is 113 Å². The molecule has 0 aliphatic heterocycles. The van der Waals surface area contributed by atoms with Gasteiger partial charge in [-0.2, -0.15) is 42.9 Å². The zero-order chi connectivity index (χ0) is 103. The largest absolute Gasteiger partial charge is 0.508 e. The number of rotatable bonds is 14. The SMILES string of the molecule is CCn1c(C#Cc2ccc(NS(=O)(=O)CC)cc2)c(C#N)c2ccc(O)cc21.CCn1c(C#Cc2ccc(O)cc2)c(C#N)c2ccc(OC)cc21.CCn1c(C#Cc2cccc(N)c2)c(C#N)c2ccc(OC)cc21.CCn1c(C#Cc2ccccc2N)c(C#N)c2ccc(OC)cc21.CCn1c(C#Cc2cccs2)c(C#N)c2ccc(OC)cc21.CCn1c(C#Cc2ccsc2)c(C#N)c2ccc(OC)cc21. The molecule has 0 bridgehead atoms. The maximum atomic E-state index is 11.6. The van der Waals surface area contributed by atoms with E-state index in [4.69, 9.17) is 35.2 Å². The number of thiophene rings is 2. The first-order chi connectivity index (χ1) is 70.0. The summed E-state index contributed by atoms with van der Waals surface area (Å²) in [6.07, 6.45) is 0. The molecule has 18 rings (SSSR count). The third-order valence-corrected chi connectivity index (χ3v) is 26.0. The molecule has 144 heavy (non-hydrogen) atoms. The average Bonchev–Trinajstić information content (AvgIpc) is 1.65. The lowest BCUT2D eigenvalue weighted by Gasteiger charge is -2.05. The van der Waals surface area contributed by atoms with Crippen LogP contribution in [0, 0.1) is 139 Å². The summed E-state index contributed by atoms with van der Waals surface area (Å²) < 4.78 is 64.3. The molecule has 24 nitrogen and oxygen atoms in total. The van der Waals surface area contributed by atoms with Crippen LogP contribution in [0.5, 0.6) is 40.2 Å². The van der Waals surface area contributed by atoms with Crippen LogP contribution in [0.25, 0.3) is 65.4 Å². The van der Waals surface area contributed by atoms with E-state index in [2.05, 4.69) is 135 Å². The molecule has 0 aliphatic rings. The Balaban J connectivity index is 0.000000145. The molecule has 0 spiro atoms. The Morgan fingerprint density at radius 1 is 0.326 bits per heavy atom. The molecule has 8 heterocycles. The summed E-state index contributed by atoms with van der Waals surface area (Å²) in [6.45, 7) is 17.9. The number of fused-ring (bicyclic) bond motifs is 6. The Kier molecular flexibility index (Phi) is 34.1. The molecule has 0 unspecified atom stereocenters. The fourth-order valence-corrected chi connectivity index (χ4v) is 17.9. The summed E-state index contributed by atoms with van der Waals surface area (Å²) in [6, 6.07) is 81.3. The highest BCUT2D eigenvalue weighted by Crippen LogP contribution is 2.37. The lowest BCUT2D eigenvalue weighted by Crippen LogP contribution is -2.14. The molecular weight excluding hydrogens is 1860 g/mol. The predicted octanol–water partition coefficient (Wildman–Crippen LogP) is 22.1. The standard InChI is InChI=1S/C21H19N3O3S.2C20H17N3O.C20H16N2O2.2C18H14N2OS/c1-3-24-20(19(14-22)18-11-10-17(25)13-21(18)24)12-7-15-5-8-16(9-6-15)23-28(26,27)4-2;1-3-23-19(10-7-14-5-4-6-15(22)11-14)18(13-21)17-9-8-16(24-2)12-20(17)23;1-3-23-19(11-8-14-6-4-5-7-18(14)22)17(13-21)16-10-9-15(24-2)12-20(16)23;1-3-22-19(11-6-14-4-7-15(23)8-5-14)18(13-21)17-10-9-16(24-2)12-20(17)22;1-3-20-17(7-4-13-8-9-22-12-13)16(11-19)15-6-5-14(21-2)10-18(15)20;1-3-20-17(9-7-14-5-4-10-22-14)16(12-19)15-8-6-13(21-2)11-18(15)20/h5-6,8-11,13,23,25H,3-4H2,1-2H3;4-6,8-9,11-12H,3,22H2,1-2H3;4-7,9-10,12H,3,22H2,1-2H3;4-5,7-10,12,23H,3H2,1-2H3;5-6,8-10,12H,3H2,1-2H3;4-6,8,10-11H,3H2,1-2H3. The first-order valence-corrected chi connectivity index (χ1v) is 49.0. The van der Waals surface area contributed by atoms with E-state index in [1.807, 2.05) is 220 Å². The Labute approximate surface area is 844 Å². The fraction of sp³-hybridized carbons (Fsp3) is 0.162. The summed E-state index contributed by atoms with van der Waals surface area (Å²) in [5.74, 6) is 41.5. The van der Waals surface area contributed by atoms with E-state index < -0.39 is 10.0 Å². The number of nitrogens with zero attached hydrogens (tertiary/aromatic N) is 12. The van der Waals surface area contributed by atoms with Gasteiger partial charge in [0.15, 0.2) is 0 Å². The molecule has 18 aromatic rings. The van der Waals surface area contributed by atoms with Crippen LogP contribution in [0.3, 0.4) is 0 Å². The van der Waals surface area contributed by atoms with Gasteiger partial charge in [0.2, 0.25) is 10.0 Å². The number of hydrogen-bond donors (Lipinski definition) is 5. The van der Waals surface area contributed by atoms with Gasteiger partial charge in [-0.25, -0.2) is 8.42 Å². The van der Waals surface area contributed by atoms with Crippen molar-refractivity contribution in [1.82, 2.24) is 27.4 Å². The minimum absolute atomic E-state index is 0.00259. The number of para-hydroxylation sites is 1. The summed E-state index contributed by atoms with van der Waals surface area (Å²) in [5, 5.41) is 87.8. The second kappa shape index (κ2) is 47.9. The number of nitrogen functional groups attached to an aromatic ring is 2. The normalized spacial score (nSPS) is 10.2. The van der Waals surface area contributed by atoms with Crippen LogP contribution in [0.2, 0.25) is 0 Å². The number of aryl methyl sites for hydroxylation is 6. The van der Waals surface area contributed by atoms with Crippen LogP contribution in [-0.4, -0.2) is 87.3 Å². The van der Waals surface area contributed by atoms with Gasteiger partial charge in [-0.05, 0) is 264 Å². The number of nitrogens with two attached hydrogens (primary N) is 2. The molecule has 0 saturated carbocycles. The van der Waals surface area contributed by atoms with E-state index in [-0.39, 0.29) is 17.3 Å². The number of hydrogen-bond acceptors (Lipinski definition) is 19. The molecule has 0 fully saturated rings. The van der Waals surface area contributed by atoms with Crippen molar-refractivity contribution >= 4 is 115 Å². The highest BCUT2D eigenvalue weighted by Gasteiger charge is 2.23. The first-order valence-electron chi connectivity index (χ1n) is 45.5. The number of benzene rings is 10. The zero-order valence-corrected chi connectivity index (χ0v) is 83.5. The minimum atomic E-state index is -3.32. The number of nitrogens with one attached hydrogen (secondary N) is 1. The number of ether oxygens (including phenoxy) is 5. The maximum Gasteiger partial charge on any atom is 0.232 e. The molecule has 8 aromatic heterocycles. The highest BCUT2D eigenvalue weighted by molar-refractivity contribution is 7.92. The third-order valence-electron chi connectivity index (χ3n) is 23.2. The van der Waals surface area contributed by atoms with Crippen LogP contribution >= 0.6 is 22.7 Å². The van der Waals surface area contributed by atoms with Gasteiger partial charge in [0.25, 0.3) is 0 Å². The monoisotopic (exact) mass is 1950 g/mol. The van der Waals surface area contributed by atoms with E-state index in [0.29, 0.717) is 105 Å². The molecule has 7 N–H and O–H groups in total. The number of phenols is 2. The fourth-order valence-electron chi connectivity index (χ4n) is 16.2. The van der Waals surface area contributed by atoms with Crippen LogP contribution in [0.15, 0.2) is 241 Å². The van der Waals surface area contributed by atoms with E-state index in [0.717, 1.165) is 146 Å². The molecule has 10 aromatic carbocycles. The Bertz CT molecular complexity index is 8560. The quantitative estimate of drug-likeness (QED) is 0.0499. The summed E-state index contributed by atoms with van der Waals surface area (Å²) in [5.41, 5.74) is 30.8. The van der Waals surface area contributed by atoms with Crippen molar-refractivity contribution in [1.29, 1.82) is 31.6 Å². The van der Waals surface area contributed by atoms with E-state index in [1.54, 1.807) is 132 Å². The molecule has 0 aliphatic carbocycles. The maximum absolute atomic E-state index is 11.6. The topological polar surface area (TPSA) is 357 Å². The minimum Gasteiger partial charge on any atom is -0.508 e. The average molecular weight is 1950 g/mol. The van der Waals surface area contributed by atoms with Gasteiger partial charge in [-0.1, -0.05) is 53.9 Å². The molecule has 27 heteroatoms.